The van der Waals surface area contributed by atoms with Gasteiger partial charge in [-0.05, 0) is 38.3 Å². The third-order valence-electron chi connectivity index (χ3n) is 3.05. The van der Waals surface area contributed by atoms with Crippen molar-refractivity contribution in [1.29, 1.82) is 0 Å². The lowest BCUT2D eigenvalue weighted by atomic mass is 10.1. The van der Waals surface area contributed by atoms with Gasteiger partial charge >= 0.3 is 0 Å². The molecule has 0 aromatic carbocycles. The minimum absolute atomic E-state index is 0.606. The SMILES string of the molecule is C1CC(Cc2nc(C3CC3)no2)CN1. The van der Waals surface area contributed by atoms with Crippen LogP contribution in [0.3, 0.4) is 0 Å². The number of aromatic nitrogens is 2. The number of nitrogens with one attached hydrogen (secondary N) is 1. The van der Waals surface area contributed by atoms with E-state index in [1.165, 1.54) is 19.3 Å². The van der Waals surface area contributed by atoms with Gasteiger partial charge in [0.25, 0.3) is 0 Å². The summed E-state index contributed by atoms with van der Waals surface area (Å²) >= 11 is 0. The maximum Gasteiger partial charge on any atom is 0.226 e. The molecule has 1 aliphatic carbocycles. The van der Waals surface area contributed by atoms with Crippen molar-refractivity contribution in [2.75, 3.05) is 13.1 Å². The first-order valence-corrected chi connectivity index (χ1v) is 5.45. The van der Waals surface area contributed by atoms with E-state index in [2.05, 4.69) is 15.5 Å². The summed E-state index contributed by atoms with van der Waals surface area (Å²) in [7, 11) is 0. The largest absolute Gasteiger partial charge is 0.339 e. The standard InChI is InChI=1S/C10H15N3O/c1-2-8(1)10-12-9(14-13-10)5-7-3-4-11-6-7/h7-8,11H,1-6H2. The normalized spacial score (nSPS) is 27.0. The van der Waals surface area contributed by atoms with E-state index in [0.29, 0.717) is 11.8 Å². The Kier molecular flexibility index (Phi) is 2.01. The zero-order valence-corrected chi connectivity index (χ0v) is 8.20. The van der Waals surface area contributed by atoms with Crippen LogP contribution in [0.5, 0.6) is 0 Å². The van der Waals surface area contributed by atoms with Gasteiger partial charge < -0.3 is 9.84 Å². The number of rotatable bonds is 3. The van der Waals surface area contributed by atoms with Crippen molar-refractivity contribution in [3.63, 3.8) is 0 Å². The molecule has 14 heavy (non-hydrogen) atoms. The second-order valence-corrected chi connectivity index (χ2v) is 4.38. The molecule has 0 spiro atoms. The monoisotopic (exact) mass is 193 g/mol. The fourth-order valence-corrected chi connectivity index (χ4v) is 1.99. The maximum absolute atomic E-state index is 5.24. The first-order valence-electron chi connectivity index (χ1n) is 5.45. The van der Waals surface area contributed by atoms with Gasteiger partial charge in [-0.25, -0.2) is 0 Å². The van der Waals surface area contributed by atoms with Crippen LogP contribution in [0.2, 0.25) is 0 Å². The van der Waals surface area contributed by atoms with Gasteiger partial charge in [0.15, 0.2) is 5.82 Å². The highest BCUT2D eigenvalue weighted by atomic mass is 16.5. The van der Waals surface area contributed by atoms with Gasteiger partial charge in [0.1, 0.15) is 0 Å². The molecular weight excluding hydrogens is 178 g/mol. The van der Waals surface area contributed by atoms with Crippen molar-refractivity contribution in [3.05, 3.63) is 11.7 Å². The molecule has 0 amide bonds. The summed E-state index contributed by atoms with van der Waals surface area (Å²) < 4.78 is 5.24. The summed E-state index contributed by atoms with van der Waals surface area (Å²) in [4.78, 5) is 4.43. The number of hydrogen-bond acceptors (Lipinski definition) is 4. The summed E-state index contributed by atoms with van der Waals surface area (Å²) in [5.41, 5.74) is 0. The molecule has 4 heteroatoms. The second-order valence-electron chi connectivity index (χ2n) is 4.38. The van der Waals surface area contributed by atoms with Crippen molar-refractivity contribution in [1.82, 2.24) is 15.5 Å². The molecule has 2 aliphatic rings. The molecule has 1 atom stereocenters. The molecule has 1 aliphatic heterocycles. The van der Waals surface area contributed by atoms with E-state index >= 15 is 0 Å². The highest BCUT2D eigenvalue weighted by molar-refractivity contribution is 5.03. The lowest BCUT2D eigenvalue weighted by Gasteiger charge is -2.01. The van der Waals surface area contributed by atoms with Crippen LogP contribution in [-0.4, -0.2) is 23.2 Å². The average molecular weight is 193 g/mol. The van der Waals surface area contributed by atoms with E-state index in [4.69, 9.17) is 4.52 Å². The van der Waals surface area contributed by atoms with Crippen LogP contribution < -0.4 is 5.32 Å². The Balaban J connectivity index is 1.64. The quantitative estimate of drug-likeness (QED) is 0.781. The van der Waals surface area contributed by atoms with Crippen LogP contribution in [0.15, 0.2) is 4.52 Å². The smallest absolute Gasteiger partial charge is 0.226 e. The summed E-state index contributed by atoms with van der Waals surface area (Å²) in [6, 6.07) is 0. The van der Waals surface area contributed by atoms with Gasteiger partial charge in [-0.1, -0.05) is 5.16 Å². The van der Waals surface area contributed by atoms with Gasteiger partial charge in [-0.3, -0.25) is 0 Å². The first kappa shape index (κ1) is 8.41. The van der Waals surface area contributed by atoms with E-state index in [9.17, 15) is 0 Å². The average Bonchev–Trinajstić information content (AvgIpc) is 2.75. The maximum atomic E-state index is 5.24. The summed E-state index contributed by atoms with van der Waals surface area (Å²) in [6.45, 7) is 2.23. The Morgan fingerprint density at radius 2 is 2.29 bits per heavy atom. The fourth-order valence-electron chi connectivity index (χ4n) is 1.99. The van der Waals surface area contributed by atoms with Crippen LogP contribution in [0.4, 0.5) is 0 Å². The van der Waals surface area contributed by atoms with Crippen LogP contribution in [-0.2, 0) is 6.42 Å². The van der Waals surface area contributed by atoms with E-state index in [-0.39, 0.29) is 0 Å². The molecule has 76 valence electrons. The molecule has 1 N–H and O–H groups in total. The fraction of sp³-hybridized carbons (Fsp3) is 0.800. The Labute approximate surface area is 83.1 Å². The molecular formula is C10H15N3O. The molecule has 1 aromatic heterocycles. The molecule has 1 unspecified atom stereocenters. The van der Waals surface area contributed by atoms with Crippen molar-refractivity contribution >= 4 is 0 Å². The minimum Gasteiger partial charge on any atom is -0.339 e. The Morgan fingerprint density at radius 1 is 1.36 bits per heavy atom. The van der Waals surface area contributed by atoms with Crippen molar-refractivity contribution in [2.24, 2.45) is 5.92 Å². The lowest BCUT2D eigenvalue weighted by Crippen LogP contribution is -2.10. The van der Waals surface area contributed by atoms with Gasteiger partial charge in [0, 0.05) is 12.3 Å². The number of nitrogens with zero attached hydrogens (tertiary/aromatic N) is 2. The zero-order chi connectivity index (χ0) is 9.38. The van der Waals surface area contributed by atoms with E-state index in [1.807, 2.05) is 0 Å². The van der Waals surface area contributed by atoms with E-state index < -0.39 is 0 Å². The van der Waals surface area contributed by atoms with Gasteiger partial charge in [0.05, 0.1) is 0 Å². The third-order valence-corrected chi connectivity index (χ3v) is 3.05. The third kappa shape index (κ3) is 1.66. The van der Waals surface area contributed by atoms with Crippen LogP contribution in [0, 0.1) is 5.92 Å². The van der Waals surface area contributed by atoms with Crippen molar-refractivity contribution < 1.29 is 4.52 Å². The molecule has 1 saturated carbocycles. The first-order chi connectivity index (χ1) is 6.92. The van der Waals surface area contributed by atoms with Crippen LogP contribution in [0.1, 0.15) is 36.9 Å². The van der Waals surface area contributed by atoms with Gasteiger partial charge in [-0.15, -0.1) is 0 Å². The summed E-state index contributed by atoms with van der Waals surface area (Å²) in [5, 5.41) is 7.36. The lowest BCUT2D eigenvalue weighted by molar-refractivity contribution is 0.353. The topological polar surface area (TPSA) is 51.0 Å². The Bertz CT molecular complexity index is 313. The van der Waals surface area contributed by atoms with Gasteiger partial charge in [0.2, 0.25) is 5.89 Å². The molecule has 4 nitrogen and oxygen atoms in total. The second kappa shape index (κ2) is 3.35. The highest BCUT2D eigenvalue weighted by Crippen LogP contribution is 2.38. The van der Waals surface area contributed by atoms with Gasteiger partial charge in [-0.2, -0.15) is 4.98 Å². The molecule has 0 radical (unpaired) electrons. The van der Waals surface area contributed by atoms with Crippen molar-refractivity contribution in [3.8, 4) is 0 Å². The molecule has 3 rings (SSSR count). The Hall–Kier alpha value is -0.900. The predicted octanol–water partition coefficient (Wildman–Crippen LogP) is 1.10. The highest BCUT2D eigenvalue weighted by Gasteiger charge is 2.29. The predicted molar refractivity (Wildman–Crippen MR) is 51.0 cm³/mol. The Morgan fingerprint density at radius 3 is 3.00 bits per heavy atom. The molecule has 1 aromatic rings. The van der Waals surface area contributed by atoms with E-state index in [1.54, 1.807) is 0 Å². The summed E-state index contributed by atoms with van der Waals surface area (Å²) in [6.07, 6.45) is 4.67. The van der Waals surface area contributed by atoms with Crippen LogP contribution >= 0.6 is 0 Å². The summed E-state index contributed by atoms with van der Waals surface area (Å²) in [5.74, 6) is 3.07. The molecule has 2 fully saturated rings. The molecule has 2 heterocycles. The van der Waals surface area contributed by atoms with E-state index in [0.717, 1.165) is 31.2 Å². The van der Waals surface area contributed by atoms with Crippen LogP contribution in [0.25, 0.3) is 0 Å². The zero-order valence-electron chi connectivity index (χ0n) is 8.20. The van der Waals surface area contributed by atoms with Crippen molar-refractivity contribution in [2.45, 2.75) is 31.6 Å². The number of hydrogen-bond donors (Lipinski definition) is 1. The molecule has 0 bridgehead atoms. The molecule has 1 saturated heterocycles. The minimum atomic E-state index is 0.606.